The SMILES string of the molecule is COc1ccc(NC(=O)[C@H]2Cc3cc(C(F)(F)F)ccc3N3CCN(C4CCCCC4)C[C@@H]23)cc1. The van der Waals surface area contributed by atoms with Crippen LogP contribution in [0.2, 0.25) is 0 Å². The molecule has 5 rings (SSSR count). The smallest absolute Gasteiger partial charge is 0.416 e. The number of rotatable bonds is 4. The van der Waals surface area contributed by atoms with Gasteiger partial charge < -0.3 is 15.0 Å². The molecular formula is C27H32F3N3O2. The van der Waals surface area contributed by atoms with Crippen LogP contribution in [0, 0.1) is 5.92 Å². The number of nitrogens with zero attached hydrogens (tertiary/aromatic N) is 2. The van der Waals surface area contributed by atoms with Crippen molar-refractivity contribution in [1.29, 1.82) is 0 Å². The summed E-state index contributed by atoms with van der Waals surface area (Å²) in [6.45, 7) is 2.34. The summed E-state index contributed by atoms with van der Waals surface area (Å²) in [5, 5.41) is 3.00. The minimum atomic E-state index is -4.41. The van der Waals surface area contributed by atoms with Gasteiger partial charge in [-0.1, -0.05) is 19.3 Å². The molecule has 2 heterocycles. The van der Waals surface area contributed by atoms with Crippen molar-refractivity contribution in [1.82, 2.24) is 4.90 Å². The predicted molar refractivity (Wildman–Crippen MR) is 130 cm³/mol. The van der Waals surface area contributed by atoms with Crippen LogP contribution in [-0.4, -0.2) is 49.6 Å². The van der Waals surface area contributed by atoms with E-state index >= 15 is 0 Å². The number of alkyl halides is 3. The van der Waals surface area contributed by atoms with Gasteiger partial charge in [0.15, 0.2) is 0 Å². The molecule has 0 spiro atoms. The van der Waals surface area contributed by atoms with E-state index in [2.05, 4.69) is 15.1 Å². The van der Waals surface area contributed by atoms with Crippen molar-refractivity contribution in [2.45, 2.75) is 56.8 Å². The highest BCUT2D eigenvalue weighted by atomic mass is 19.4. The van der Waals surface area contributed by atoms with Crippen molar-refractivity contribution in [3.8, 4) is 5.75 Å². The van der Waals surface area contributed by atoms with Crippen LogP contribution >= 0.6 is 0 Å². The summed E-state index contributed by atoms with van der Waals surface area (Å²) in [7, 11) is 1.58. The van der Waals surface area contributed by atoms with E-state index in [9.17, 15) is 18.0 Å². The summed E-state index contributed by atoms with van der Waals surface area (Å²) in [5.74, 6) is 0.0917. The van der Waals surface area contributed by atoms with E-state index in [4.69, 9.17) is 4.74 Å². The second-order valence-electron chi connectivity index (χ2n) is 9.92. The molecule has 0 bridgehead atoms. The maximum Gasteiger partial charge on any atom is 0.416 e. The standard InChI is InChI=1S/C27H32F3N3O2/c1-35-22-10-8-20(9-11-22)31-26(34)23-16-18-15-19(27(28,29)30)7-12-24(18)33-14-13-32(17-25(23)33)21-5-3-2-4-6-21/h7-12,15,21,23,25H,2-6,13-14,16-17H2,1H3,(H,31,34)/t23-,25-/m0/s1. The van der Waals surface area contributed by atoms with Gasteiger partial charge in [0.2, 0.25) is 5.91 Å². The number of fused-ring (bicyclic) bond motifs is 3. The van der Waals surface area contributed by atoms with Crippen LogP contribution in [0.15, 0.2) is 42.5 Å². The Kier molecular flexibility index (Phi) is 6.66. The molecule has 0 radical (unpaired) electrons. The topological polar surface area (TPSA) is 44.8 Å². The van der Waals surface area contributed by atoms with Crippen molar-refractivity contribution < 1.29 is 22.7 Å². The van der Waals surface area contributed by atoms with E-state index in [0.717, 1.165) is 18.8 Å². The van der Waals surface area contributed by atoms with Crippen LogP contribution in [0.4, 0.5) is 24.5 Å². The maximum absolute atomic E-state index is 13.5. The maximum atomic E-state index is 13.5. The number of ether oxygens (including phenoxy) is 1. The van der Waals surface area contributed by atoms with E-state index in [-0.39, 0.29) is 11.9 Å². The number of halogens is 3. The van der Waals surface area contributed by atoms with Gasteiger partial charge in [-0.2, -0.15) is 13.2 Å². The van der Waals surface area contributed by atoms with Crippen LogP contribution in [0.25, 0.3) is 0 Å². The van der Waals surface area contributed by atoms with Crippen LogP contribution in [0.3, 0.4) is 0 Å². The van der Waals surface area contributed by atoms with Gasteiger partial charge in [0.1, 0.15) is 5.75 Å². The van der Waals surface area contributed by atoms with Crippen molar-refractivity contribution in [2.75, 3.05) is 37.0 Å². The lowest BCUT2D eigenvalue weighted by atomic mass is 9.82. The number of benzene rings is 2. The van der Waals surface area contributed by atoms with Crippen molar-refractivity contribution >= 4 is 17.3 Å². The Morgan fingerprint density at radius 2 is 1.77 bits per heavy atom. The molecule has 2 aromatic rings. The molecular weight excluding hydrogens is 455 g/mol. The quantitative estimate of drug-likeness (QED) is 0.632. The fourth-order valence-corrected chi connectivity index (χ4v) is 6.01. The lowest BCUT2D eigenvalue weighted by molar-refractivity contribution is -0.137. The molecule has 1 aliphatic carbocycles. The van der Waals surface area contributed by atoms with E-state index in [1.54, 1.807) is 37.4 Å². The summed E-state index contributed by atoms with van der Waals surface area (Å²) in [4.78, 5) is 18.2. The molecule has 35 heavy (non-hydrogen) atoms. The summed E-state index contributed by atoms with van der Waals surface area (Å²) >= 11 is 0. The number of hydrogen-bond acceptors (Lipinski definition) is 4. The lowest BCUT2D eigenvalue weighted by Crippen LogP contribution is -2.62. The number of piperazine rings is 1. The number of anilines is 2. The first kappa shape index (κ1) is 24.0. The first-order valence-corrected chi connectivity index (χ1v) is 12.5. The molecule has 0 aromatic heterocycles. The average molecular weight is 488 g/mol. The van der Waals surface area contributed by atoms with Gasteiger partial charge in [-0.25, -0.2) is 0 Å². The first-order chi connectivity index (χ1) is 16.8. The number of carbonyl (C=O) groups excluding carboxylic acids is 1. The number of carbonyl (C=O) groups is 1. The second kappa shape index (κ2) is 9.72. The van der Waals surface area contributed by atoms with E-state index < -0.39 is 17.7 Å². The molecule has 5 nitrogen and oxygen atoms in total. The molecule has 2 atom stereocenters. The number of amides is 1. The number of nitrogens with one attached hydrogen (secondary N) is 1. The first-order valence-electron chi connectivity index (χ1n) is 12.5. The highest BCUT2D eigenvalue weighted by Crippen LogP contribution is 2.40. The Morgan fingerprint density at radius 1 is 1.03 bits per heavy atom. The molecule has 0 unspecified atom stereocenters. The van der Waals surface area contributed by atoms with Crippen molar-refractivity contribution in [3.63, 3.8) is 0 Å². The van der Waals surface area contributed by atoms with Crippen LogP contribution < -0.4 is 15.0 Å². The minimum Gasteiger partial charge on any atom is -0.497 e. The molecule has 188 valence electrons. The Balaban J connectivity index is 1.43. The monoisotopic (exact) mass is 487 g/mol. The van der Waals surface area contributed by atoms with Crippen molar-refractivity contribution in [3.05, 3.63) is 53.6 Å². The van der Waals surface area contributed by atoms with Gasteiger partial charge >= 0.3 is 6.18 Å². The number of hydrogen-bond donors (Lipinski definition) is 1. The fraction of sp³-hybridized carbons (Fsp3) is 0.519. The molecule has 3 aliphatic rings. The lowest BCUT2D eigenvalue weighted by Gasteiger charge is -2.51. The highest BCUT2D eigenvalue weighted by molar-refractivity contribution is 5.94. The predicted octanol–water partition coefficient (Wildman–Crippen LogP) is 5.35. The fourth-order valence-electron chi connectivity index (χ4n) is 6.01. The summed E-state index contributed by atoms with van der Waals surface area (Å²) in [6, 6.07) is 11.6. The highest BCUT2D eigenvalue weighted by Gasteiger charge is 2.43. The zero-order valence-corrected chi connectivity index (χ0v) is 20.0. The number of methoxy groups -OCH3 is 1. The molecule has 2 aliphatic heterocycles. The van der Waals surface area contributed by atoms with Crippen molar-refractivity contribution in [2.24, 2.45) is 5.92 Å². The van der Waals surface area contributed by atoms with E-state index in [1.165, 1.54) is 44.2 Å². The largest absolute Gasteiger partial charge is 0.497 e. The zero-order valence-electron chi connectivity index (χ0n) is 20.0. The van der Waals surface area contributed by atoms with E-state index in [0.29, 0.717) is 36.0 Å². The normalized spacial score (nSPS) is 23.4. The molecule has 2 aromatic carbocycles. The third kappa shape index (κ3) is 4.99. The van der Waals surface area contributed by atoms with Gasteiger partial charge in [0.25, 0.3) is 0 Å². The zero-order chi connectivity index (χ0) is 24.6. The molecule has 1 amide bonds. The minimum absolute atomic E-state index is 0.0758. The van der Waals surface area contributed by atoms with Gasteiger partial charge in [-0.3, -0.25) is 9.69 Å². The summed E-state index contributed by atoms with van der Waals surface area (Å²) in [5.41, 5.74) is 1.42. The third-order valence-electron chi connectivity index (χ3n) is 7.86. The second-order valence-corrected chi connectivity index (χ2v) is 9.92. The average Bonchev–Trinajstić information content (AvgIpc) is 2.88. The third-order valence-corrected chi connectivity index (χ3v) is 7.86. The molecule has 1 saturated carbocycles. The van der Waals surface area contributed by atoms with Gasteiger partial charge in [0, 0.05) is 37.1 Å². The van der Waals surface area contributed by atoms with Crippen LogP contribution in [0.1, 0.15) is 43.2 Å². The van der Waals surface area contributed by atoms with Crippen LogP contribution in [-0.2, 0) is 17.4 Å². The molecule has 8 heteroatoms. The van der Waals surface area contributed by atoms with Gasteiger partial charge in [0.05, 0.1) is 24.6 Å². The van der Waals surface area contributed by atoms with Gasteiger partial charge in [-0.05, 0) is 67.3 Å². The Bertz CT molecular complexity index is 1050. The Labute approximate surface area is 204 Å². The van der Waals surface area contributed by atoms with Crippen LogP contribution in [0.5, 0.6) is 5.75 Å². The Morgan fingerprint density at radius 3 is 2.46 bits per heavy atom. The molecule has 1 N–H and O–H groups in total. The summed E-state index contributed by atoms with van der Waals surface area (Å²) in [6.07, 6.45) is 2.00. The molecule has 1 saturated heterocycles. The molecule has 2 fully saturated rings. The van der Waals surface area contributed by atoms with E-state index in [1.807, 2.05) is 0 Å². The Hall–Kier alpha value is -2.74. The summed E-state index contributed by atoms with van der Waals surface area (Å²) < 4.78 is 45.5. The van der Waals surface area contributed by atoms with Gasteiger partial charge in [-0.15, -0.1) is 0 Å².